The van der Waals surface area contributed by atoms with Crippen LogP contribution in [0, 0.1) is 0 Å². The molecule has 0 saturated heterocycles. The molecular weight excluding hydrogens is 330 g/mol. The lowest BCUT2D eigenvalue weighted by molar-refractivity contribution is 0.0995. The van der Waals surface area contributed by atoms with Crippen LogP contribution in [0.4, 0.5) is 0 Å². The van der Waals surface area contributed by atoms with Crippen molar-refractivity contribution in [3.63, 3.8) is 0 Å². The highest BCUT2D eigenvalue weighted by atomic mass is 32.2. The summed E-state index contributed by atoms with van der Waals surface area (Å²) in [6.45, 7) is 1.93. The predicted octanol–water partition coefficient (Wildman–Crippen LogP) is 4.72. The molecule has 4 aromatic rings. The van der Waals surface area contributed by atoms with E-state index < -0.39 is 0 Å². The molecule has 0 aliphatic rings. The quantitative estimate of drug-likeness (QED) is 0.420. The minimum Gasteiger partial charge on any atom is -0.360 e. The van der Waals surface area contributed by atoms with Crippen molar-refractivity contribution in [3.05, 3.63) is 78.8 Å². The Bertz CT molecular complexity index is 1020. The Morgan fingerprint density at radius 1 is 1.12 bits per heavy atom. The van der Waals surface area contributed by atoms with Crippen LogP contribution in [-0.2, 0) is 0 Å². The van der Waals surface area contributed by atoms with Gasteiger partial charge in [0.2, 0.25) is 0 Å². The molecule has 0 amide bonds. The Morgan fingerprint density at radius 3 is 2.72 bits per heavy atom. The highest BCUT2D eigenvalue weighted by Gasteiger charge is 2.21. The van der Waals surface area contributed by atoms with Gasteiger partial charge in [-0.05, 0) is 25.1 Å². The number of hydrogen-bond donors (Lipinski definition) is 1. The number of Topliss-reactive ketones (excluding diaryl/α,β-unsaturated/α-hetero) is 1. The average Bonchev–Trinajstić information content (AvgIpc) is 3.28. The van der Waals surface area contributed by atoms with Gasteiger partial charge in [0.1, 0.15) is 0 Å². The van der Waals surface area contributed by atoms with E-state index in [2.05, 4.69) is 9.97 Å². The Hall–Kier alpha value is -2.79. The van der Waals surface area contributed by atoms with Gasteiger partial charge < -0.3 is 4.98 Å². The third kappa shape index (κ3) is 2.98. The number of rotatable bonds is 5. The summed E-state index contributed by atoms with van der Waals surface area (Å²) in [6, 6.07) is 17.9. The van der Waals surface area contributed by atoms with Gasteiger partial charge in [-0.25, -0.2) is 4.98 Å². The number of thioether (sulfide) groups is 1. The maximum absolute atomic E-state index is 12.9. The first-order valence-electron chi connectivity index (χ1n) is 8.10. The highest BCUT2D eigenvalue weighted by molar-refractivity contribution is 8.00. The van der Waals surface area contributed by atoms with Crippen molar-refractivity contribution in [2.75, 3.05) is 0 Å². The van der Waals surface area contributed by atoms with Crippen molar-refractivity contribution < 1.29 is 4.79 Å². The van der Waals surface area contributed by atoms with Crippen LogP contribution in [0.15, 0.2) is 78.3 Å². The number of benzene rings is 2. The minimum atomic E-state index is -0.232. The number of aromatic nitrogens is 3. The summed E-state index contributed by atoms with van der Waals surface area (Å²) >= 11 is 1.48. The number of H-pyrrole nitrogens is 1. The summed E-state index contributed by atoms with van der Waals surface area (Å²) < 4.78 is 2.00. The predicted molar refractivity (Wildman–Crippen MR) is 102 cm³/mol. The summed E-state index contributed by atoms with van der Waals surface area (Å²) in [5.41, 5.74) is 2.75. The van der Waals surface area contributed by atoms with E-state index >= 15 is 0 Å². The van der Waals surface area contributed by atoms with Crippen LogP contribution in [0.1, 0.15) is 17.3 Å². The zero-order valence-corrected chi connectivity index (χ0v) is 14.5. The fourth-order valence-corrected chi connectivity index (χ4v) is 3.82. The summed E-state index contributed by atoms with van der Waals surface area (Å²) in [5.74, 6) is 0.102. The van der Waals surface area contributed by atoms with Crippen LogP contribution >= 0.6 is 11.8 Å². The lowest BCUT2D eigenvalue weighted by Gasteiger charge is -2.11. The van der Waals surface area contributed by atoms with Gasteiger partial charge in [0.05, 0.1) is 5.25 Å². The van der Waals surface area contributed by atoms with E-state index in [0.29, 0.717) is 0 Å². The largest absolute Gasteiger partial charge is 0.360 e. The third-order valence-electron chi connectivity index (χ3n) is 4.15. The normalized spacial score (nSPS) is 12.4. The average molecular weight is 347 g/mol. The number of hydrogen-bond acceptors (Lipinski definition) is 3. The SMILES string of the molecule is CC(Sc1nccn1-c1ccccc1)C(=O)c1c[nH]c2ccccc12. The Balaban J connectivity index is 1.60. The van der Waals surface area contributed by atoms with E-state index in [1.54, 1.807) is 12.4 Å². The molecule has 1 N–H and O–H groups in total. The lowest BCUT2D eigenvalue weighted by atomic mass is 10.1. The Kier molecular flexibility index (Phi) is 4.15. The summed E-state index contributed by atoms with van der Waals surface area (Å²) in [7, 11) is 0. The van der Waals surface area contributed by atoms with Gasteiger partial charge in [0.15, 0.2) is 10.9 Å². The van der Waals surface area contributed by atoms with Gasteiger partial charge in [-0.15, -0.1) is 0 Å². The standard InChI is InChI=1S/C20H17N3OS/c1-14(19(24)17-13-22-18-10-6-5-9-16(17)18)25-20-21-11-12-23(20)15-7-3-2-4-8-15/h2-14,22H,1H3. The molecule has 5 heteroatoms. The van der Waals surface area contributed by atoms with Crippen molar-refractivity contribution in [1.29, 1.82) is 0 Å². The maximum Gasteiger partial charge on any atom is 0.178 e. The number of carbonyl (C=O) groups excluding carboxylic acids is 1. The Morgan fingerprint density at radius 2 is 1.88 bits per heavy atom. The molecule has 0 fully saturated rings. The smallest absolute Gasteiger partial charge is 0.178 e. The van der Waals surface area contributed by atoms with Gasteiger partial charge >= 0.3 is 0 Å². The Labute approximate surface area is 149 Å². The fourth-order valence-electron chi connectivity index (χ4n) is 2.87. The molecule has 0 saturated carbocycles. The first-order valence-corrected chi connectivity index (χ1v) is 8.98. The van der Waals surface area contributed by atoms with E-state index in [9.17, 15) is 4.79 Å². The van der Waals surface area contributed by atoms with Crippen LogP contribution < -0.4 is 0 Å². The van der Waals surface area contributed by atoms with Crippen LogP contribution in [0.2, 0.25) is 0 Å². The molecule has 124 valence electrons. The number of aromatic amines is 1. The van der Waals surface area contributed by atoms with Gasteiger partial charge in [0, 0.05) is 40.7 Å². The number of nitrogens with one attached hydrogen (secondary N) is 1. The van der Waals surface area contributed by atoms with Gasteiger partial charge in [-0.3, -0.25) is 9.36 Å². The molecule has 0 bridgehead atoms. The van der Waals surface area contributed by atoms with E-state index in [1.807, 2.05) is 72.3 Å². The van der Waals surface area contributed by atoms with Crippen LogP contribution in [0.25, 0.3) is 16.6 Å². The molecule has 2 aromatic heterocycles. The third-order valence-corrected chi connectivity index (χ3v) is 5.23. The van der Waals surface area contributed by atoms with Crippen molar-refractivity contribution >= 4 is 28.4 Å². The molecule has 2 heterocycles. The summed E-state index contributed by atoms with van der Waals surface area (Å²) in [6.07, 6.45) is 5.48. The number of ketones is 1. The van der Waals surface area contributed by atoms with E-state index in [4.69, 9.17) is 0 Å². The molecule has 4 rings (SSSR count). The van der Waals surface area contributed by atoms with E-state index in [1.165, 1.54) is 11.8 Å². The zero-order valence-electron chi connectivity index (χ0n) is 13.7. The molecule has 0 spiro atoms. The van der Waals surface area contributed by atoms with Crippen LogP contribution in [0.5, 0.6) is 0 Å². The number of carbonyl (C=O) groups is 1. The van der Waals surface area contributed by atoms with Crippen LogP contribution in [0.3, 0.4) is 0 Å². The summed E-state index contributed by atoms with van der Waals surface area (Å²) in [4.78, 5) is 20.5. The highest BCUT2D eigenvalue weighted by Crippen LogP contribution is 2.28. The van der Waals surface area contributed by atoms with Gasteiger partial charge in [-0.2, -0.15) is 0 Å². The molecule has 0 aliphatic heterocycles. The fraction of sp³-hybridized carbons (Fsp3) is 0.100. The number of nitrogens with zero attached hydrogens (tertiary/aromatic N) is 2. The molecule has 1 atom stereocenters. The second-order valence-corrected chi connectivity index (χ2v) is 7.10. The molecule has 2 aromatic carbocycles. The minimum absolute atomic E-state index is 0.102. The van der Waals surface area contributed by atoms with Crippen molar-refractivity contribution in [2.24, 2.45) is 0 Å². The first-order chi connectivity index (χ1) is 12.2. The topological polar surface area (TPSA) is 50.7 Å². The number of fused-ring (bicyclic) bond motifs is 1. The molecule has 25 heavy (non-hydrogen) atoms. The number of para-hydroxylation sites is 2. The van der Waals surface area contributed by atoms with Crippen molar-refractivity contribution in [3.8, 4) is 5.69 Å². The van der Waals surface area contributed by atoms with Crippen molar-refractivity contribution in [1.82, 2.24) is 14.5 Å². The first kappa shape index (κ1) is 15.7. The molecule has 0 aliphatic carbocycles. The molecule has 0 radical (unpaired) electrons. The molecular formula is C20H17N3OS. The van der Waals surface area contributed by atoms with Crippen LogP contribution in [-0.4, -0.2) is 25.6 Å². The summed E-state index contributed by atoms with van der Waals surface area (Å²) in [5, 5.41) is 1.54. The maximum atomic E-state index is 12.9. The van der Waals surface area contributed by atoms with E-state index in [0.717, 1.165) is 27.3 Å². The molecule has 4 nitrogen and oxygen atoms in total. The van der Waals surface area contributed by atoms with E-state index in [-0.39, 0.29) is 11.0 Å². The second kappa shape index (κ2) is 6.61. The molecule has 1 unspecified atom stereocenters. The monoisotopic (exact) mass is 347 g/mol. The zero-order chi connectivity index (χ0) is 17.2. The lowest BCUT2D eigenvalue weighted by Crippen LogP contribution is -2.14. The second-order valence-electron chi connectivity index (χ2n) is 5.79. The van der Waals surface area contributed by atoms with Crippen molar-refractivity contribution in [2.45, 2.75) is 17.3 Å². The number of imidazole rings is 1. The van der Waals surface area contributed by atoms with Gasteiger partial charge in [0.25, 0.3) is 0 Å². The van der Waals surface area contributed by atoms with Gasteiger partial charge in [-0.1, -0.05) is 48.2 Å².